The Bertz CT molecular complexity index is 841. The van der Waals surface area contributed by atoms with Crippen LogP contribution in [-0.4, -0.2) is 39.0 Å². The number of amides is 1. The van der Waals surface area contributed by atoms with Gasteiger partial charge in [-0.1, -0.05) is 12.1 Å². The largest absolute Gasteiger partial charge is 0.383 e. The van der Waals surface area contributed by atoms with E-state index in [2.05, 4.69) is 15.0 Å². The Morgan fingerprint density at radius 3 is 2.88 bits per heavy atom. The minimum Gasteiger partial charge on any atom is -0.383 e. The summed E-state index contributed by atoms with van der Waals surface area (Å²) in [6, 6.07) is 9.71. The number of fused-ring (bicyclic) bond motifs is 1. The van der Waals surface area contributed by atoms with Crippen molar-refractivity contribution in [2.75, 3.05) is 13.7 Å². The van der Waals surface area contributed by atoms with E-state index in [1.807, 2.05) is 48.1 Å². The van der Waals surface area contributed by atoms with E-state index in [0.29, 0.717) is 19.6 Å². The van der Waals surface area contributed by atoms with Gasteiger partial charge >= 0.3 is 0 Å². The lowest BCUT2D eigenvalue weighted by Crippen LogP contribution is -2.29. The molecule has 1 aromatic carbocycles. The molecule has 7 heteroatoms. The van der Waals surface area contributed by atoms with Gasteiger partial charge in [-0.25, -0.2) is 4.98 Å². The number of aromatic nitrogens is 4. The van der Waals surface area contributed by atoms with E-state index < -0.39 is 0 Å². The van der Waals surface area contributed by atoms with E-state index in [-0.39, 0.29) is 11.9 Å². The van der Waals surface area contributed by atoms with Crippen molar-refractivity contribution in [2.45, 2.75) is 38.9 Å². The maximum Gasteiger partial charge on any atom is 0.220 e. The van der Waals surface area contributed by atoms with Gasteiger partial charge in [-0.3, -0.25) is 9.48 Å². The van der Waals surface area contributed by atoms with E-state index in [1.165, 1.54) is 0 Å². The molecule has 0 bridgehead atoms. The van der Waals surface area contributed by atoms with Gasteiger partial charge in [0.2, 0.25) is 5.91 Å². The Morgan fingerprint density at radius 2 is 2.12 bits per heavy atom. The lowest BCUT2D eigenvalue weighted by Gasteiger charge is -2.16. The SMILES string of the molecule is COCCn1c([C@H](C)NC(=O)CCCn2cccn2)nc2ccccc21. The second kappa shape index (κ2) is 8.62. The highest BCUT2D eigenvalue weighted by atomic mass is 16.5. The molecule has 0 fully saturated rings. The number of carbonyl (C=O) groups excluding carboxylic acids is 1. The third-order valence-electron chi connectivity index (χ3n) is 4.32. The molecule has 138 valence electrons. The molecule has 0 unspecified atom stereocenters. The highest BCUT2D eigenvalue weighted by molar-refractivity contribution is 5.78. The number of carbonyl (C=O) groups is 1. The second-order valence-corrected chi connectivity index (χ2v) is 6.27. The smallest absolute Gasteiger partial charge is 0.220 e. The van der Waals surface area contributed by atoms with E-state index in [4.69, 9.17) is 9.72 Å². The first-order valence-electron chi connectivity index (χ1n) is 8.90. The summed E-state index contributed by atoms with van der Waals surface area (Å²) in [6.07, 6.45) is 4.86. The van der Waals surface area contributed by atoms with Gasteiger partial charge in [0, 0.05) is 39.0 Å². The van der Waals surface area contributed by atoms with Crippen LogP contribution in [0.25, 0.3) is 11.0 Å². The lowest BCUT2D eigenvalue weighted by molar-refractivity contribution is -0.121. The fraction of sp³-hybridized carbons (Fsp3) is 0.421. The maximum atomic E-state index is 12.3. The Morgan fingerprint density at radius 1 is 1.27 bits per heavy atom. The van der Waals surface area contributed by atoms with Crippen LogP contribution in [0.5, 0.6) is 0 Å². The predicted octanol–water partition coefficient (Wildman–Crippen LogP) is 2.54. The molecule has 0 spiro atoms. The molecular weight excluding hydrogens is 330 g/mol. The number of nitrogens with one attached hydrogen (secondary N) is 1. The molecule has 3 rings (SSSR count). The Labute approximate surface area is 153 Å². The summed E-state index contributed by atoms with van der Waals surface area (Å²) in [5.41, 5.74) is 1.98. The Balaban J connectivity index is 1.64. The van der Waals surface area contributed by atoms with Gasteiger partial charge in [-0.2, -0.15) is 5.10 Å². The van der Waals surface area contributed by atoms with Gasteiger partial charge in [0.15, 0.2) is 0 Å². The van der Waals surface area contributed by atoms with Crippen molar-refractivity contribution < 1.29 is 9.53 Å². The first-order chi connectivity index (χ1) is 12.7. The van der Waals surface area contributed by atoms with Crippen LogP contribution >= 0.6 is 0 Å². The number of methoxy groups -OCH3 is 1. The monoisotopic (exact) mass is 355 g/mol. The zero-order valence-corrected chi connectivity index (χ0v) is 15.3. The van der Waals surface area contributed by atoms with Crippen LogP contribution < -0.4 is 5.32 Å². The van der Waals surface area contributed by atoms with E-state index in [9.17, 15) is 4.79 Å². The standard InChI is InChI=1S/C19H25N5O2/c1-15(21-18(25)9-5-11-23-12-6-10-20-23)19-22-16-7-3-4-8-17(16)24(19)13-14-26-2/h3-4,6-8,10,12,15H,5,9,11,13-14H2,1-2H3,(H,21,25)/t15-/m0/s1. The van der Waals surface area contributed by atoms with Gasteiger partial charge in [-0.15, -0.1) is 0 Å². The molecule has 1 amide bonds. The van der Waals surface area contributed by atoms with E-state index in [0.717, 1.165) is 29.8 Å². The van der Waals surface area contributed by atoms with Crippen molar-refractivity contribution in [1.82, 2.24) is 24.6 Å². The predicted molar refractivity (Wildman–Crippen MR) is 99.6 cm³/mol. The molecule has 7 nitrogen and oxygen atoms in total. The number of hydrogen-bond acceptors (Lipinski definition) is 4. The zero-order valence-electron chi connectivity index (χ0n) is 15.3. The topological polar surface area (TPSA) is 74.0 Å². The van der Waals surface area contributed by atoms with Crippen molar-refractivity contribution in [3.63, 3.8) is 0 Å². The summed E-state index contributed by atoms with van der Waals surface area (Å²) in [7, 11) is 1.68. The van der Waals surface area contributed by atoms with E-state index in [1.54, 1.807) is 13.3 Å². The van der Waals surface area contributed by atoms with Gasteiger partial charge < -0.3 is 14.6 Å². The molecule has 0 saturated carbocycles. The normalized spacial score (nSPS) is 12.4. The van der Waals surface area contributed by atoms with Crippen LogP contribution in [0.15, 0.2) is 42.7 Å². The molecule has 1 atom stereocenters. The van der Waals surface area contributed by atoms with Crippen LogP contribution in [0.3, 0.4) is 0 Å². The van der Waals surface area contributed by atoms with Crippen LogP contribution in [0, 0.1) is 0 Å². The quantitative estimate of drug-likeness (QED) is 0.640. The van der Waals surface area contributed by atoms with Crippen molar-refractivity contribution in [2.24, 2.45) is 0 Å². The zero-order chi connectivity index (χ0) is 18.4. The van der Waals surface area contributed by atoms with Crippen molar-refractivity contribution in [3.05, 3.63) is 48.5 Å². The molecule has 0 aliphatic rings. The van der Waals surface area contributed by atoms with Crippen molar-refractivity contribution >= 4 is 16.9 Å². The van der Waals surface area contributed by atoms with Crippen LogP contribution in [-0.2, 0) is 22.6 Å². The molecule has 0 radical (unpaired) electrons. The summed E-state index contributed by atoms with van der Waals surface area (Å²) in [5.74, 6) is 0.874. The van der Waals surface area contributed by atoms with Crippen molar-refractivity contribution in [3.8, 4) is 0 Å². The highest BCUT2D eigenvalue weighted by Gasteiger charge is 2.18. The fourth-order valence-corrected chi connectivity index (χ4v) is 3.05. The molecule has 0 saturated heterocycles. The van der Waals surface area contributed by atoms with Gasteiger partial charge in [0.1, 0.15) is 5.82 Å². The summed E-state index contributed by atoms with van der Waals surface area (Å²) in [4.78, 5) is 17.0. The average molecular weight is 355 g/mol. The van der Waals surface area contributed by atoms with E-state index >= 15 is 0 Å². The molecule has 2 aromatic heterocycles. The number of hydrogen-bond donors (Lipinski definition) is 1. The van der Waals surface area contributed by atoms with Crippen LogP contribution in [0.2, 0.25) is 0 Å². The van der Waals surface area contributed by atoms with Crippen molar-refractivity contribution in [1.29, 1.82) is 0 Å². The Kier molecular flexibility index (Phi) is 6.01. The van der Waals surface area contributed by atoms with Crippen LogP contribution in [0.4, 0.5) is 0 Å². The third-order valence-corrected chi connectivity index (χ3v) is 4.32. The summed E-state index contributed by atoms with van der Waals surface area (Å²) in [5, 5.41) is 7.21. The minimum atomic E-state index is -0.170. The van der Waals surface area contributed by atoms with Gasteiger partial charge in [0.05, 0.1) is 23.7 Å². The number of ether oxygens (including phenoxy) is 1. The molecule has 0 aliphatic carbocycles. The molecule has 2 heterocycles. The number of nitrogens with zero attached hydrogens (tertiary/aromatic N) is 4. The number of rotatable bonds is 9. The second-order valence-electron chi connectivity index (χ2n) is 6.27. The van der Waals surface area contributed by atoms with Gasteiger partial charge in [0.25, 0.3) is 0 Å². The summed E-state index contributed by atoms with van der Waals surface area (Å²) >= 11 is 0. The first kappa shape index (κ1) is 18.1. The van der Waals surface area contributed by atoms with Gasteiger partial charge in [-0.05, 0) is 31.5 Å². The molecular formula is C19H25N5O2. The molecule has 0 aliphatic heterocycles. The number of aryl methyl sites for hydroxylation is 1. The fourth-order valence-electron chi connectivity index (χ4n) is 3.05. The minimum absolute atomic E-state index is 0.0232. The maximum absolute atomic E-state index is 12.3. The average Bonchev–Trinajstić information content (AvgIpc) is 3.27. The Hall–Kier alpha value is -2.67. The number of imidazole rings is 1. The number of para-hydroxylation sites is 2. The molecule has 1 N–H and O–H groups in total. The third kappa shape index (κ3) is 4.29. The summed E-state index contributed by atoms with van der Waals surface area (Å²) in [6.45, 7) is 4.00. The first-order valence-corrected chi connectivity index (χ1v) is 8.90. The summed E-state index contributed by atoms with van der Waals surface area (Å²) < 4.78 is 9.18. The highest BCUT2D eigenvalue weighted by Crippen LogP contribution is 2.21. The number of benzene rings is 1. The van der Waals surface area contributed by atoms with Crippen LogP contribution in [0.1, 0.15) is 31.6 Å². The molecule has 3 aromatic rings. The lowest BCUT2D eigenvalue weighted by atomic mass is 10.2. The molecule has 26 heavy (non-hydrogen) atoms.